The van der Waals surface area contributed by atoms with Crippen LogP contribution in [0.2, 0.25) is 5.02 Å². The molecular weight excluding hydrogens is 578 g/mol. The molecule has 3 amide bonds. The van der Waals surface area contributed by atoms with E-state index >= 15 is 0 Å². The number of amides is 3. The number of carbonyl (C=O) groups excluding carboxylic acids is 3. The zero-order valence-corrected chi connectivity index (χ0v) is 25.0. The lowest BCUT2D eigenvalue weighted by Crippen LogP contribution is -2.30. The van der Waals surface area contributed by atoms with E-state index in [-0.39, 0.29) is 17.5 Å². The number of anilines is 2. The monoisotopic (exact) mass is 605 g/mol. The molecular formula is C31H28ClN3O4S2. The Hall–Kier alpha value is -4.05. The van der Waals surface area contributed by atoms with Crippen LogP contribution < -0.4 is 20.7 Å². The number of methoxy groups -OCH3 is 1. The Balaban J connectivity index is 1.40. The molecule has 1 heterocycles. The first-order valence-corrected chi connectivity index (χ1v) is 14.7. The van der Waals surface area contributed by atoms with Gasteiger partial charge in [-0.1, -0.05) is 35.9 Å². The summed E-state index contributed by atoms with van der Waals surface area (Å²) in [5.41, 5.74) is 2.49. The normalized spacial score (nSPS) is 11.9. The fourth-order valence-corrected chi connectivity index (χ4v) is 5.37. The highest BCUT2D eigenvalue weighted by Crippen LogP contribution is 2.32. The Kier molecular flexibility index (Phi) is 10.2. The smallest absolute Gasteiger partial charge is 0.272 e. The largest absolute Gasteiger partial charge is 0.495 e. The molecule has 7 nitrogen and oxygen atoms in total. The average molecular weight is 606 g/mol. The number of carbonyl (C=O) groups is 3. The zero-order chi connectivity index (χ0) is 29.4. The maximum absolute atomic E-state index is 13.2. The van der Waals surface area contributed by atoms with E-state index in [0.29, 0.717) is 27.7 Å². The molecule has 10 heteroatoms. The molecule has 41 heavy (non-hydrogen) atoms. The molecule has 210 valence electrons. The fraction of sp³-hybridized carbons (Fsp3) is 0.129. The summed E-state index contributed by atoms with van der Waals surface area (Å²) < 4.78 is 5.35. The van der Waals surface area contributed by atoms with Crippen molar-refractivity contribution in [3.8, 4) is 5.75 Å². The van der Waals surface area contributed by atoms with Crippen molar-refractivity contribution in [2.45, 2.75) is 24.0 Å². The van der Waals surface area contributed by atoms with E-state index in [1.54, 1.807) is 54.6 Å². The van der Waals surface area contributed by atoms with E-state index in [1.807, 2.05) is 49.6 Å². The van der Waals surface area contributed by atoms with Gasteiger partial charge < -0.3 is 20.7 Å². The van der Waals surface area contributed by atoms with Crippen molar-refractivity contribution in [1.29, 1.82) is 0 Å². The van der Waals surface area contributed by atoms with Gasteiger partial charge in [-0.2, -0.15) is 0 Å². The van der Waals surface area contributed by atoms with Crippen LogP contribution in [0.1, 0.15) is 27.7 Å². The first-order chi connectivity index (χ1) is 19.7. The van der Waals surface area contributed by atoms with Gasteiger partial charge in [0.25, 0.3) is 11.8 Å². The van der Waals surface area contributed by atoms with Crippen molar-refractivity contribution in [2.24, 2.45) is 0 Å². The lowest BCUT2D eigenvalue weighted by Gasteiger charge is -2.16. The summed E-state index contributed by atoms with van der Waals surface area (Å²) >= 11 is 9.00. The third-order valence-corrected chi connectivity index (χ3v) is 8.23. The van der Waals surface area contributed by atoms with Crippen molar-refractivity contribution in [1.82, 2.24) is 5.32 Å². The van der Waals surface area contributed by atoms with Crippen molar-refractivity contribution >= 4 is 69.9 Å². The van der Waals surface area contributed by atoms with Crippen LogP contribution in [0, 0.1) is 6.92 Å². The van der Waals surface area contributed by atoms with Gasteiger partial charge in [-0.05, 0) is 79.4 Å². The Morgan fingerprint density at radius 1 is 0.976 bits per heavy atom. The number of halogens is 1. The van der Waals surface area contributed by atoms with Crippen molar-refractivity contribution in [3.05, 3.63) is 111 Å². The Labute approximate surface area is 252 Å². The quantitative estimate of drug-likeness (QED) is 0.131. The SMILES string of the molecule is COc1cc(Cl)c(C)cc1NC(=O)C(C)Sc1ccc(NC(=O)/C(=C/c2cccs2)NC(=O)c2ccccc2)cc1. The number of hydrogen-bond acceptors (Lipinski definition) is 6. The van der Waals surface area contributed by atoms with Gasteiger partial charge in [0.2, 0.25) is 5.91 Å². The van der Waals surface area contributed by atoms with Gasteiger partial charge in [-0.3, -0.25) is 14.4 Å². The van der Waals surface area contributed by atoms with Crippen LogP contribution in [-0.4, -0.2) is 30.1 Å². The standard InChI is InChI=1S/C31H28ClN3O4S2/c1-19-16-26(28(39-3)18-25(19)32)34-29(36)20(2)41-23-13-11-22(12-14-23)33-31(38)27(17-24-10-7-15-40-24)35-30(37)21-8-5-4-6-9-21/h4-18,20H,1-3H3,(H,33,38)(H,34,36)(H,35,37)/b27-17-. The number of ether oxygens (including phenoxy) is 1. The van der Waals surface area contributed by atoms with Crippen LogP contribution in [0.15, 0.2) is 94.8 Å². The highest BCUT2D eigenvalue weighted by atomic mass is 35.5. The van der Waals surface area contributed by atoms with E-state index in [9.17, 15) is 14.4 Å². The molecule has 0 radical (unpaired) electrons. The Morgan fingerprint density at radius 2 is 1.71 bits per heavy atom. The van der Waals surface area contributed by atoms with Gasteiger partial charge in [-0.25, -0.2) is 0 Å². The summed E-state index contributed by atoms with van der Waals surface area (Å²) in [4.78, 5) is 40.5. The third kappa shape index (κ3) is 8.23. The molecule has 0 bridgehead atoms. The average Bonchev–Trinajstić information content (AvgIpc) is 3.49. The molecule has 0 aliphatic rings. The molecule has 0 spiro atoms. The van der Waals surface area contributed by atoms with Crippen LogP contribution >= 0.6 is 34.7 Å². The minimum Gasteiger partial charge on any atom is -0.495 e. The topological polar surface area (TPSA) is 96.5 Å². The summed E-state index contributed by atoms with van der Waals surface area (Å²) in [5, 5.41) is 10.5. The second kappa shape index (κ2) is 14.0. The molecule has 1 atom stereocenters. The fourth-order valence-electron chi connectivity index (χ4n) is 3.70. The first kappa shape index (κ1) is 29.9. The summed E-state index contributed by atoms with van der Waals surface area (Å²) in [6.07, 6.45) is 1.64. The highest BCUT2D eigenvalue weighted by molar-refractivity contribution is 8.00. The summed E-state index contributed by atoms with van der Waals surface area (Å²) in [5.74, 6) is -0.541. The number of aryl methyl sites for hydroxylation is 1. The van der Waals surface area contributed by atoms with Gasteiger partial charge in [0.05, 0.1) is 18.0 Å². The molecule has 3 N–H and O–H groups in total. The molecule has 0 fully saturated rings. The van der Waals surface area contributed by atoms with E-state index in [1.165, 1.54) is 30.2 Å². The van der Waals surface area contributed by atoms with E-state index < -0.39 is 11.2 Å². The predicted octanol–water partition coefficient (Wildman–Crippen LogP) is 7.25. The summed E-state index contributed by atoms with van der Waals surface area (Å²) in [7, 11) is 1.52. The predicted molar refractivity (Wildman–Crippen MR) is 168 cm³/mol. The van der Waals surface area contributed by atoms with Crippen LogP contribution in [0.5, 0.6) is 5.75 Å². The van der Waals surface area contributed by atoms with Gasteiger partial charge in [0.1, 0.15) is 11.4 Å². The van der Waals surface area contributed by atoms with Gasteiger partial charge >= 0.3 is 0 Å². The van der Waals surface area contributed by atoms with Gasteiger partial charge in [0, 0.05) is 32.1 Å². The number of hydrogen-bond donors (Lipinski definition) is 3. The molecule has 4 aromatic rings. The number of thiophene rings is 1. The number of rotatable bonds is 10. The van der Waals surface area contributed by atoms with Crippen molar-refractivity contribution in [3.63, 3.8) is 0 Å². The molecule has 0 aliphatic heterocycles. The molecule has 0 saturated carbocycles. The van der Waals surface area contributed by atoms with Crippen LogP contribution in [0.3, 0.4) is 0 Å². The van der Waals surface area contributed by atoms with Crippen molar-refractivity contribution in [2.75, 3.05) is 17.7 Å². The molecule has 0 aliphatic carbocycles. The maximum Gasteiger partial charge on any atom is 0.272 e. The summed E-state index contributed by atoms with van der Waals surface area (Å²) in [6.45, 7) is 3.66. The number of thioether (sulfide) groups is 1. The van der Waals surface area contributed by atoms with E-state index in [0.717, 1.165) is 15.3 Å². The summed E-state index contributed by atoms with van der Waals surface area (Å²) in [6, 6.07) is 23.0. The zero-order valence-electron chi connectivity index (χ0n) is 22.6. The van der Waals surface area contributed by atoms with Gasteiger partial charge in [-0.15, -0.1) is 23.1 Å². The molecule has 1 unspecified atom stereocenters. The van der Waals surface area contributed by atoms with E-state index in [2.05, 4.69) is 16.0 Å². The highest BCUT2D eigenvalue weighted by Gasteiger charge is 2.18. The Morgan fingerprint density at radius 3 is 2.37 bits per heavy atom. The van der Waals surface area contributed by atoms with Crippen LogP contribution in [0.4, 0.5) is 11.4 Å². The van der Waals surface area contributed by atoms with Crippen molar-refractivity contribution < 1.29 is 19.1 Å². The van der Waals surface area contributed by atoms with Crippen LogP contribution in [-0.2, 0) is 9.59 Å². The third-order valence-electron chi connectivity index (χ3n) is 5.89. The molecule has 3 aromatic carbocycles. The molecule has 0 saturated heterocycles. The lowest BCUT2D eigenvalue weighted by atomic mass is 10.2. The minimum absolute atomic E-state index is 0.123. The second-order valence-electron chi connectivity index (χ2n) is 8.92. The molecule has 4 rings (SSSR count). The Bertz CT molecular complexity index is 1560. The van der Waals surface area contributed by atoms with Gasteiger partial charge in [0.15, 0.2) is 0 Å². The number of nitrogens with one attached hydrogen (secondary N) is 3. The number of benzene rings is 3. The lowest BCUT2D eigenvalue weighted by molar-refractivity contribution is -0.115. The second-order valence-corrected chi connectivity index (χ2v) is 11.7. The minimum atomic E-state index is -0.456. The maximum atomic E-state index is 13.2. The molecule has 1 aromatic heterocycles. The van der Waals surface area contributed by atoms with E-state index in [4.69, 9.17) is 16.3 Å². The first-order valence-electron chi connectivity index (χ1n) is 12.6. The van der Waals surface area contributed by atoms with Crippen LogP contribution in [0.25, 0.3) is 6.08 Å².